The monoisotopic (exact) mass is 276 g/mol. The van der Waals surface area contributed by atoms with Gasteiger partial charge in [-0.05, 0) is 43.4 Å². The van der Waals surface area contributed by atoms with Gasteiger partial charge < -0.3 is 9.67 Å². The van der Waals surface area contributed by atoms with Gasteiger partial charge in [-0.1, -0.05) is 17.8 Å². The fraction of sp³-hybridized carbons (Fsp3) is 0.429. The molecule has 0 spiro atoms. The van der Waals surface area contributed by atoms with Crippen LogP contribution >= 0.6 is 11.8 Å². The van der Waals surface area contributed by atoms with Crippen LogP contribution in [-0.2, 0) is 11.3 Å². The van der Waals surface area contributed by atoms with Crippen molar-refractivity contribution in [2.75, 3.05) is 5.75 Å². The summed E-state index contributed by atoms with van der Waals surface area (Å²) in [5.41, 5.74) is 3.26. The molecule has 1 saturated carbocycles. The summed E-state index contributed by atoms with van der Waals surface area (Å²) in [6.45, 7) is 3.00. The van der Waals surface area contributed by atoms with E-state index in [4.69, 9.17) is 5.11 Å². The molecule has 0 amide bonds. The predicted octanol–water partition coefficient (Wildman–Crippen LogP) is 2.93. The molecule has 19 heavy (non-hydrogen) atoms. The highest BCUT2D eigenvalue weighted by atomic mass is 32.2. The van der Waals surface area contributed by atoms with Crippen molar-refractivity contribution >= 4 is 28.8 Å². The third-order valence-corrected chi connectivity index (χ3v) is 4.29. The molecule has 1 aliphatic carbocycles. The zero-order valence-corrected chi connectivity index (χ0v) is 11.6. The first-order chi connectivity index (χ1) is 9.13. The van der Waals surface area contributed by atoms with Gasteiger partial charge in [-0.2, -0.15) is 0 Å². The number of hydrogen-bond acceptors (Lipinski definition) is 3. The number of aromatic nitrogens is 2. The second-order valence-electron chi connectivity index (χ2n) is 5.12. The minimum atomic E-state index is -0.800. The Hall–Kier alpha value is -1.49. The molecular formula is C14H16N2O2S. The topological polar surface area (TPSA) is 55.1 Å². The lowest BCUT2D eigenvalue weighted by atomic mass is 10.2. The number of aryl methyl sites for hydroxylation is 1. The normalized spacial score (nSPS) is 15.0. The molecule has 1 heterocycles. The fourth-order valence-corrected chi connectivity index (χ4v) is 2.93. The van der Waals surface area contributed by atoms with Crippen molar-refractivity contribution in [3.63, 3.8) is 0 Å². The number of nitrogens with zero attached hydrogens (tertiary/aromatic N) is 2. The van der Waals surface area contributed by atoms with Gasteiger partial charge in [0.2, 0.25) is 0 Å². The average Bonchev–Trinajstić information content (AvgIpc) is 3.10. The lowest BCUT2D eigenvalue weighted by Gasteiger charge is -2.07. The first-order valence-electron chi connectivity index (χ1n) is 6.45. The van der Waals surface area contributed by atoms with Crippen molar-refractivity contribution in [2.24, 2.45) is 5.92 Å². The van der Waals surface area contributed by atoms with Gasteiger partial charge in [0.05, 0.1) is 16.8 Å². The van der Waals surface area contributed by atoms with Crippen LogP contribution in [0, 0.1) is 12.8 Å². The maximum atomic E-state index is 10.7. The SMILES string of the molecule is Cc1ccc2c(c1)nc(SCC(=O)O)n2CC1CC1. The molecular weight excluding hydrogens is 260 g/mol. The quantitative estimate of drug-likeness (QED) is 0.853. The number of carboxylic acid groups (broad SMARTS) is 1. The Kier molecular flexibility index (Phi) is 3.22. The number of thioether (sulfide) groups is 1. The molecule has 0 radical (unpaired) electrons. The van der Waals surface area contributed by atoms with E-state index >= 15 is 0 Å². The second kappa shape index (κ2) is 4.89. The van der Waals surface area contributed by atoms with Crippen LogP contribution in [0.4, 0.5) is 0 Å². The minimum Gasteiger partial charge on any atom is -0.481 e. The zero-order chi connectivity index (χ0) is 13.4. The van der Waals surface area contributed by atoms with E-state index in [0.29, 0.717) is 0 Å². The predicted molar refractivity (Wildman–Crippen MR) is 75.6 cm³/mol. The van der Waals surface area contributed by atoms with Crippen LogP contribution in [0.1, 0.15) is 18.4 Å². The van der Waals surface area contributed by atoms with Gasteiger partial charge in [0, 0.05) is 6.54 Å². The van der Waals surface area contributed by atoms with E-state index in [1.54, 1.807) is 0 Å². The molecule has 1 fully saturated rings. The van der Waals surface area contributed by atoms with Crippen molar-refractivity contribution in [1.82, 2.24) is 9.55 Å². The Labute approximate surface area is 115 Å². The van der Waals surface area contributed by atoms with Gasteiger partial charge in [0.25, 0.3) is 0 Å². The van der Waals surface area contributed by atoms with Gasteiger partial charge in [-0.3, -0.25) is 4.79 Å². The van der Waals surface area contributed by atoms with Crippen molar-refractivity contribution in [2.45, 2.75) is 31.5 Å². The third kappa shape index (κ3) is 2.76. The molecule has 1 aliphatic rings. The summed E-state index contributed by atoms with van der Waals surface area (Å²) in [6, 6.07) is 6.23. The molecule has 1 aromatic heterocycles. The number of hydrogen-bond donors (Lipinski definition) is 1. The Morgan fingerprint density at radius 2 is 2.32 bits per heavy atom. The summed E-state index contributed by atoms with van der Waals surface area (Å²) < 4.78 is 2.18. The first-order valence-corrected chi connectivity index (χ1v) is 7.43. The van der Waals surface area contributed by atoms with E-state index in [1.807, 2.05) is 6.92 Å². The molecule has 5 heteroatoms. The van der Waals surface area contributed by atoms with Crippen LogP contribution in [0.5, 0.6) is 0 Å². The molecule has 3 rings (SSSR count). The molecule has 1 aromatic carbocycles. The number of imidazole rings is 1. The summed E-state index contributed by atoms with van der Waals surface area (Å²) in [5.74, 6) is 0.00144. The lowest BCUT2D eigenvalue weighted by Crippen LogP contribution is -2.04. The molecule has 0 saturated heterocycles. The Morgan fingerprint density at radius 3 is 3.00 bits per heavy atom. The van der Waals surface area contributed by atoms with Crippen molar-refractivity contribution in [1.29, 1.82) is 0 Å². The highest BCUT2D eigenvalue weighted by molar-refractivity contribution is 7.99. The van der Waals surface area contributed by atoms with Gasteiger partial charge in [0.15, 0.2) is 5.16 Å². The maximum Gasteiger partial charge on any atom is 0.313 e. The van der Waals surface area contributed by atoms with Crippen LogP contribution in [-0.4, -0.2) is 26.4 Å². The largest absolute Gasteiger partial charge is 0.481 e. The number of carbonyl (C=O) groups is 1. The van der Waals surface area contributed by atoms with Crippen molar-refractivity contribution in [3.8, 4) is 0 Å². The molecule has 0 aliphatic heterocycles. The summed E-state index contributed by atoms with van der Waals surface area (Å²) in [6.07, 6.45) is 2.54. The van der Waals surface area contributed by atoms with Gasteiger partial charge in [-0.25, -0.2) is 4.98 Å². The van der Waals surface area contributed by atoms with Crippen molar-refractivity contribution in [3.05, 3.63) is 23.8 Å². The minimum absolute atomic E-state index is 0.0625. The number of rotatable bonds is 5. The van der Waals surface area contributed by atoms with Crippen LogP contribution in [0.3, 0.4) is 0 Å². The molecule has 0 atom stereocenters. The number of aliphatic carboxylic acids is 1. The van der Waals surface area contributed by atoms with E-state index in [0.717, 1.165) is 28.7 Å². The highest BCUT2D eigenvalue weighted by Gasteiger charge is 2.24. The van der Waals surface area contributed by atoms with Crippen LogP contribution in [0.2, 0.25) is 0 Å². The molecule has 4 nitrogen and oxygen atoms in total. The summed E-state index contributed by atoms with van der Waals surface area (Å²) >= 11 is 1.31. The van der Waals surface area contributed by atoms with Crippen molar-refractivity contribution < 1.29 is 9.90 Å². The summed E-state index contributed by atoms with van der Waals surface area (Å²) in [5, 5.41) is 9.65. The summed E-state index contributed by atoms with van der Waals surface area (Å²) in [4.78, 5) is 15.3. The summed E-state index contributed by atoms with van der Waals surface area (Å²) in [7, 11) is 0. The van der Waals surface area contributed by atoms with E-state index in [2.05, 4.69) is 27.8 Å². The van der Waals surface area contributed by atoms with Gasteiger partial charge in [0.1, 0.15) is 0 Å². The maximum absolute atomic E-state index is 10.7. The van der Waals surface area contributed by atoms with E-state index in [-0.39, 0.29) is 5.75 Å². The number of carboxylic acids is 1. The van der Waals surface area contributed by atoms with Crippen LogP contribution in [0.15, 0.2) is 23.4 Å². The third-order valence-electron chi connectivity index (χ3n) is 3.33. The molecule has 0 bridgehead atoms. The standard InChI is InChI=1S/C14H16N2O2S/c1-9-2-5-12-11(6-9)15-14(19-8-13(17)18)16(12)7-10-3-4-10/h2,5-6,10H,3-4,7-8H2,1H3,(H,17,18). The number of benzene rings is 1. The van der Waals surface area contributed by atoms with E-state index in [9.17, 15) is 4.79 Å². The van der Waals surface area contributed by atoms with Crippen LogP contribution in [0.25, 0.3) is 11.0 Å². The molecule has 100 valence electrons. The second-order valence-corrected chi connectivity index (χ2v) is 6.07. The molecule has 2 aromatic rings. The first kappa shape index (κ1) is 12.5. The Morgan fingerprint density at radius 1 is 1.53 bits per heavy atom. The molecule has 1 N–H and O–H groups in total. The van der Waals surface area contributed by atoms with E-state index in [1.165, 1.54) is 30.2 Å². The van der Waals surface area contributed by atoms with Crippen LogP contribution < -0.4 is 0 Å². The van der Waals surface area contributed by atoms with Gasteiger partial charge >= 0.3 is 5.97 Å². The number of fused-ring (bicyclic) bond motifs is 1. The lowest BCUT2D eigenvalue weighted by molar-refractivity contribution is -0.133. The highest BCUT2D eigenvalue weighted by Crippen LogP contribution is 2.34. The zero-order valence-electron chi connectivity index (χ0n) is 10.8. The fourth-order valence-electron chi connectivity index (χ4n) is 2.19. The smallest absolute Gasteiger partial charge is 0.313 e. The molecule has 0 unspecified atom stereocenters. The Balaban J connectivity index is 1.99. The van der Waals surface area contributed by atoms with Gasteiger partial charge in [-0.15, -0.1) is 0 Å². The average molecular weight is 276 g/mol. The van der Waals surface area contributed by atoms with E-state index < -0.39 is 5.97 Å². The Bertz CT molecular complexity index is 632.